The quantitative estimate of drug-likeness (QED) is 0.626. The number of benzene rings is 2. The zero-order valence-electron chi connectivity index (χ0n) is 19.6. The van der Waals surface area contributed by atoms with Crippen molar-refractivity contribution in [2.45, 2.75) is 25.7 Å². The predicted octanol–water partition coefficient (Wildman–Crippen LogP) is 3.57. The molecular weight excluding hydrogens is 451 g/mol. The molecular formula is C27H29FN2O5. The maximum absolute atomic E-state index is 13.2. The van der Waals surface area contributed by atoms with Gasteiger partial charge in [-0.3, -0.25) is 14.4 Å². The monoisotopic (exact) mass is 480 g/mol. The minimum Gasteiger partial charge on any atom is -0.486 e. The van der Waals surface area contributed by atoms with Gasteiger partial charge in [0.25, 0.3) is 5.91 Å². The normalized spacial score (nSPS) is 20.4. The van der Waals surface area contributed by atoms with Gasteiger partial charge in [-0.05, 0) is 68.1 Å². The number of likely N-dealkylation sites (tertiary alicyclic amines) is 2. The second-order valence-corrected chi connectivity index (χ2v) is 9.42. The van der Waals surface area contributed by atoms with E-state index in [0.717, 1.165) is 12.8 Å². The van der Waals surface area contributed by atoms with Crippen molar-refractivity contribution in [1.82, 2.24) is 9.80 Å². The summed E-state index contributed by atoms with van der Waals surface area (Å²) in [6.07, 6.45) is 2.72. The maximum Gasteiger partial charge on any atom is 0.253 e. The number of amides is 2. The molecule has 7 nitrogen and oxygen atoms in total. The Morgan fingerprint density at radius 2 is 1.46 bits per heavy atom. The van der Waals surface area contributed by atoms with Crippen molar-refractivity contribution in [3.63, 3.8) is 0 Å². The van der Waals surface area contributed by atoms with Gasteiger partial charge in [0.1, 0.15) is 19.0 Å². The van der Waals surface area contributed by atoms with Gasteiger partial charge >= 0.3 is 0 Å². The van der Waals surface area contributed by atoms with E-state index in [4.69, 9.17) is 9.47 Å². The van der Waals surface area contributed by atoms with Crippen LogP contribution in [0.5, 0.6) is 11.5 Å². The first kappa shape index (κ1) is 23.3. The highest BCUT2D eigenvalue weighted by atomic mass is 19.1. The number of nitrogens with zero attached hydrogens (tertiary/aromatic N) is 2. The molecule has 2 saturated heterocycles. The lowest BCUT2D eigenvalue weighted by Gasteiger charge is -2.37. The minimum absolute atomic E-state index is 0.0480. The Labute approximate surface area is 203 Å². The molecule has 5 rings (SSSR count). The van der Waals surface area contributed by atoms with E-state index >= 15 is 0 Å². The molecule has 0 bridgehead atoms. The first-order valence-corrected chi connectivity index (χ1v) is 12.3. The van der Waals surface area contributed by atoms with Gasteiger partial charge in [0, 0.05) is 43.2 Å². The summed E-state index contributed by atoms with van der Waals surface area (Å²) >= 11 is 0. The van der Waals surface area contributed by atoms with Crippen LogP contribution in [-0.4, -0.2) is 66.8 Å². The summed E-state index contributed by atoms with van der Waals surface area (Å²) in [6, 6.07) is 10.8. The Kier molecular flexibility index (Phi) is 6.70. The van der Waals surface area contributed by atoms with E-state index in [9.17, 15) is 18.8 Å². The van der Waals surface area contributed by atoms with Crippen molar-refractivity contribution < 1.29 is 28.2 Å². The lowest BCUT2D eigenvalue weighted by Crippen LogP contribution is -2.49. The lowest BCUT2D eigenvalue weighted by atomic mass is 9.87. The lowest BCUT2D eigenvalue weighted by molar-refractivity contribution is -0.138. The Hall–Kier alpha value is -3.42. The Morgan fingerprint density at radius 3 is 2.20 bits per heavy atom. The van der Waals surface area contributed by atoms with Crippen molar-refractivity contribution in [3.05, 3.63) is 59.4 Å². The second-order valence-electron chi connectivity index (χ2n) is 9.42. The van der Waals surface area contributed by atoms with Gasteiger partial charge in [0.15, 0.2) is 17.3 Å². The molecule has 0 saturated carbocycles. The molecule has 2 fully saturated rings. The highest BCUT2D eigenvalue weighted by Gasteiger charge is 2.34. The topological polar surface area (TPSA) is 76.2 Å². The van der Waals surface area contributed by atoms with Crippen molar-refractivity contribution in [1.29, 1.82) is 0 Å². The zero-order valence-corrected chi connectivity index (χ0v) is 19.6. The van der Waals surface area contributed by atoms with E-state index < -0.39 is 0 Å². The standard InChI is InChI=1S/C27H29FN2O5/c28-22-6-3-19(4-7-22)26(32)30-11-1-2-21(17-30)27(33)29-12-9-18(10-13-29)25(31)20-5-8-23-24(16-20)35-15-14-34-23/h3-8,16,18,21H,1-2,9-15,17H2. The third kappa shape index (κ3) is 5.01. The first-order chi connectivity index (χ1) is 17.0. The molecule has 0 aromatic heterocycles. The molecule has 0 spiro atoms. The molecule has 1 atom stereocenters. The number of ketones is 1. The summed E-state index contributed by atoms with van der Waals surface area (Å²) in [5.41, 5.74) is 1.04. The van der Waals surface area contributed by atoms with Crippen molar-refractivity contribution in [3.8, 4) is 11.5 Å². The fraction of sp³-hybridized carbons (Fsp3) is 0.444. The fourth-order valence-electron chi connectivity index (χ4n) is 5.19. The number of rotatable bonds is 4. The van der Waals surface area contributed by atoms with Crippen molar-refractivity contribution in [2.75, 3.05) is 39.4 Å². The average Bonchev–Trinajstić information content (AvgIpc) is 2.92. The van der Waals surface area contributed by atoms with E-state index in [1.165, 1.54) is 24.3 Å². The Balaban J connectivity index is 1.16. The van der Waals surface area contributed by atoms with Crippen LogP contribution in [0.15, 0.2) is 42.5 Å². The molecule has 0 radical (unpaired) electrons. The summed E-state index contributed by atoms with van der Waals surface area (Å²) in [5.74, 6) is 0.437. The summed E-state index contributed by atoms with van der Waals surface area (Å²) in [7, 11) is 0. The number of fused-ring (bicyclic) bond motifs is 1. The zero-order chi connectivity index (χ0) is 24.4. The largest absolute Gasteiger partial charge is 0.486 e. The molecule has 2 aromatic rings. The molecule has 8 heteroatoms. The van der Waals surface area contributed by atoms with Gasteiger partial charge in [-0.25, -0.2) is 4.39 Å². The van der Waals surface area contributed by atoms with Gasteiger partial charge in [-0.15, -0.1) is 0 Å². The highest BCUT2D eigenvalue weighted by molar-refractivity contribution is 5.98. The van der Waals surface area contributed by atoms with Crippen molar-refractivity contribution >= 4 is 17.6 Å². The molecule has 184 valence electrons. The Morgan fingerprint density at radius 1 is 0.771 bits per heavy atom. The van der Waals surface area contributed by atoms with Crippen LogP contribution in [0.2, 0.25) is 0 Å². The van der Waals surface area contributed by atoms with E-state index in [1.54, 1.807) is 23.1 Å². The van der Waals surface area contributed by atoms with E-state index in [1.807, 2.05) is 4.90 Å². The maximum atomic E-state index is 13.2. The molecule has 3 aliphatic rings. The van der Waals surface area contributed by atoms with Crippen LogP contribution in [-0.2, 0) is 4.79 Å². The molecule has 1 unspecified atom stereocenters. The van der Waals surface area contributed by atoms with Crippen molar-refractivity contribution in [2.24, 2.45) is 11.8 Å². The number of ether oxygens (including phenoxy) is 2. The third-order valence-corrected chi connectivity index (χ3v) is 7.15. The van der Waals surface area contributed by atoms with Gasteiger partial charge < -0.3 is 19.3 Å². The van der Waals surface area contributed by atoms with Crippen LogP contribution in [0, 0.1) is 17.7 Å². The van der Waals surface area contributed by atoms with Crippen LogP contribution in [0.3, 0.4) is 0 Å². The van der Waals surface area contributed by atoms with Gasteiger partial charge in [-0.1, -0.05) is 0 Å². The van der Waals surface area contributed by atoms with E-state index in [-0.39, 0.29) is 35.3 Å². The molecule has 2 aromatic carbocycles. The Bertz CT molecular complexity index is 1110. The molecule has 35 heavy (non-hydrogen) atoms. The summed E-state index contributed by atoms with van der Waals surface area (Å²) < 4.78 is 24.3. The number of halogens is 1. The fourth-order valence-corrected chi connectivity index (χ4v) is 5.19. The van der Waals surface area contributed by atoms with E-state index in [0.29, 0.717) is 74.9 Å². The first-order valence-electron chi connectivity index (χ1n) is 12.3. The van der Waals surface area contributed by atoms with Crippen LogP contribution < -0.4 is 9.47 Å². The van der Waals surface area contributed by atoms with Gasteiger partial charge in [0.2, 0.25) is 5.91 Å². The molecule has 0 aliphatic carbocycles. The smallest absolute Gasteiger partial charge is 0.253 e. The van der Waals surface area contributed by atoms with E-state index in [2.05, 4.69) is 0 Å². The van der Waals surface area contributed by atoms with Crippen LogP contribution in [0.1, 0.15) is 46.4 Å². The number of piperidine rings is 2. The predicted molar refractivity (Wildman–Crippen MR) is 126 cm³/mol. The molecule has 0 N–H and O–H groups in total. The second kappa shape index (κ2) is 10.1. The number of carbonyl (C=O) groups excluding carboxylic acids is 3. The summed E-state index contributed by atoms with van der Waals surface area (Å²) in [6.45, 7) is 2.99. The van der Waals surface area contributed by atoms with Gasteiger partial charge in [-0.2, -0.15) is 0 Å². The minimum atomic E-state index is -0.385. The third-order valence-electron chi connectivity index (χ3n) is 7.15. The number of carbonyl (C=O) groups is 3. The van der Waals surface area contributed by atoms with Gasteiger partial charge in [0.05, 0.1) is 5.92 Å². The molecule has 3 aliphatic heterocycles. The van der Waals surface area contributed by atoms with Crippen LogP contribution in [0.25, 0.3) is 0 Å². The number of hydrogen-bond acceptors (Lipinski definition) is 5. The SMILES string of the molecule is O=C(c1ccc2c(c1)OCCO2)C1CCN(C(=O)C2CCCN(C(=O)c3ccc(F)cc3)C2)CC1. The van der Waals surface area contributed by atoms with Crippen LogP contribution >= 0.6 is 0 Å². The molecule has 3 heterocycles. The molecule has 2 amide bonds. The average molecular weight is 481 g/mol. The summed E-state index contributed by atoms with van der Waals surface area (Å²) in [4.78, 5) is 42.7. The summed E-state index contributed by atoms with van der Waals surface area (Å²) in [5, 5.41) is 0. The number of hydrogen-bond donors (Lipinski definition) is 0. The highest BCUT2D eigenvalue weighted by Crippen LogP contribution is 2.33. The number of Topliss-reactive ketones (excluding diaryl/α,β-unsaturated/α-hetero) is 1. The van der Waals surface area contributed by atoms with Crippen LogP contribution in [0.4, 0.5) is 4.39 Å².